The molecule has 0 aromatic heterocycles. The number of ether oxygens (including phenoxy) is 1. The molecule has 1 heterocycles. The minimum atomic E-state index is -1.37. The zero-order valence-corrected chi connectivity index (χ0v) is 30.4. The predicted octanol–water partition coefficient (Wildman–Crippen LogP) is 7.90. The molecule has 0 radical (unpaired) electrons. The highest BCUT2D eigenvalue weighted by Crippen LogP contribution is 2.53. The number of aromatic carboxylic acids is 2. The summed E-state index contributed by atoms with van der Waals surface area (Å²) in [4.78, 5) is 37.6. The van der Waals surface area contributed by atoms with E-state index in [2.05, 4.69) is 16.0 Å². The van der Waals surface area contributed by atoms with Crippen LogP contribution < -0.4 is 20.7 Å². The Morgan fingerprint density at radius 2 is 1.60 bits per heavy atom. The molecule has 1 saturated heterocycles. The molecule has 0 aliphatic carbocycles. The number of amides is 1. The highest BCUT2D eigenvalue weighted by atomic mass is 35.5. The van der Waals surface area contributed by atoms with Gasteiger partial charge in [-0.3, -0.25) is 4.79 Å². The summed E-state index contributed by atoms with van der Waals surface area (Å²) in [6, 6.07) is 17.2. The summed E-state index contributed by atoms with van der Waals surface area (Å²) in [6.07, 6.45) is 0.406. The molecule has 52 heavy (non-hydrogen) atoms. The van der Waals surface area contributed by atoms with E-state index in [0.29, 0.717) is 6.42 Å². The lowest BCUT2D eigenvalue weighted by Gasteiger charge is -2.43. The number of hydrogen-bond donors (Lipinski definition) is 5. The van der Waals surface area contributed by atoms with Crippen molar-refractivity contribution in [2.45, 2.75) is 57.2 Å². The summed E-state index contributed by atoms with van der Waals surface area (Å²) in [7, 11) is 1.34. The molecule has 274 valence electrons. The Balaban J connectivity index is 1.70. The van der Waals surface area contributed by atoms with Crippen LogP contribution in [-0.2, 0) is 16.8 Å². The van der Waals surface area contributed by atoms with Gasteiger partial charge in [-0.05, 0) is 77.1 Å². The van der Waals surface area contributed by atoms with Gasteiger partial charge in [0.2, 0.25) is 5.91 Å². The maximum Gasteiger partial charge on any atom is 0.335 e. The monoisotopic (exact) mass is 753 g/mol. The molecule has 0 unspecified atom stereocenters. The Kier molecular flexibility index (Phi) is 11.6. The summed E-state index contributed by atoms with van der Waals surface area (Å²) in [6.45, 7) is 6.27. The Hall–Kier alpha value is -4.55. The molecule has 5 N–H and O–H groups in total. The van der Waals surface area contributed by atoms with Crippen molar-refractivity contribution in [1.82, 2.24) is 10.6 Å². The van der Waals surface area contributed by atoms with Gasteiger partial charge in [-0.2, -0.15) is 0 Å². The van der Waals surface area contributed by atoms with E-state index in [0.717, 1.165) is 5.56 Å². The normalized spacial score (nSPS) is 20.0. The van der Waals surface area contributed by atoms with Crippen LogP contribution in [0.1, 0.15) is 70.5 Å². The molecule has 4 aromatic carbocycles. The Bertz CT molecular complexity index is 1990. The van der Waals surface area contributed by atoms with Crippen molar-refractivity contribution in [3.8, 4) is 5.75 Å². The molecule has 0 bridgehead atoms. The van der Waals surface area contributed by atoms with Crippen LogP contribution in [0.15, 0.2) is 78.9 Å². The number of carbonyl (C=O) groups excluding carboxylic acids is 1. The molecule has 0 spiro atoms. The van der Waals surface area contributed by atoms with Gasteiger partial charge in [-0.25, -0.2) is 18.4 Å². The van der Waals surface area contributed by atoms with Crippen molar-refractivity contribution < 1.29 is 38.1 Å². The van der Waals surface area contributed by atoms with Crippen LogP contribution in [0, 0.1) is 17.0 Å². The van der Waals surface area contributed by atoms with E-state index in [-0.39, 0.29) is 62.2 Å². The number of nitrogens with one attached hydrogen (secondary N) is 3. The summed E-state index contributed by atoms with van der Waals surface area (Å²) in [5, 5.41) is 28.5. The molecule has 4 atom stereocenters. The van der Waals surface area contributed by atoms with Crippen molar-refractivity contribution in [3.63, 3.8) is 0 Å². The Labute approximate surface area is 310 Å². The van der Waals surface area contributed by atoms with E-state index in [1.165, 1.54) is 55.6 Å². The lowest BCUT2D eigenvalue weighted by Crippen LogP contribution is -2.51. The van der Waals surface area contributed by atoms with Crippen LogP contribution in [-0.4, -0.2) is 53.8 Å². The van der Waals surface area contributed by atoms with Crippen molar-refractivity contribution in [3.05, 3.63) is 128 Å². The summed E-state index contributed by atoms with van der Waals surface area (Å²) in [5.41, 5.74) is -0.499. The Morgan fingerprint density at radius 3 is 2.21 bits per heavy atom. The SMILES string of the molecule is COc1cc(C(=O)O)ccc1NC(=O)[C@@H]1N[C@@H](CC(C)(C)C)[C@](CNCc2ccc(C(=O)O)cc2)(c2ccc(Cl)cc2F)[C@H]1c1cccc(Cl)c1F. The van der Waals surface area contributed by atoms with Crippen LogP contribution in [0.2, 0.25) is 10.0 Å². The topological polar surface area (TPSA) is 137 Å². The number of anilines is 1. The van der Waals surface area contributed by atoms with Gasteiger partial charge in [0.25, 0.3) is 0 Å². The van der Waals surface area contributed by atoms with Gasteiger partial charge in [-0.15, -0.1) is 0 Å². The van der Waals surface area contributed by atoms with Gasteiger partial charge in [0.05, 0.1) is 35.0 Å². The summed E-state index contributed by atoms with van der Waals surface area (Å²) >= 11 is 12.6. The third kappa shape index (κ3) is 8.08. The lowest BCUT2D eigenvalue weighted by atomic mass is 9.61. The van der Waals surface area contributed by atoms with Gasteiger partial charge >= 0.3 is 11.9 Å². The fourth-order valence-corrected chi connectivity index (χ4v) is 7.48. The third-order valence-corrected chi connectivity index (χ3v) is 9.92. The number of hydrogen-bond acceptors (Lipinski definition) is 6. The lowest BCUT2D eigenvalue weighted by molar-refractivity contribution is -0.118. The van der Waals surface area contributed by atoms with Gasteiger partial charge in [0.15, 0.2) is 0 Å². The van der Waals surface area contributed by atoms with Crippen molar-refractivity contribution in [2.24, 2.45) is 5.41 Å². The van der Waals surface area contributed by atoms with E-state index < -0.39 is 52.9 Å². The molecule has 13 heteroatoms. The first kappa shape index (κ1) is 38.7. The number of carbonyl (C=O) groups is 3. The molecular weight excluding hydrogens is 715 g/mol. The largest absolute Gasteiger partial charge is 0.495 e. The number of methoxy groups -OCH3 is 1. The molecule has 4 aromatic rings. The highest BCUT2D eigenvalue weighted by Gasteiger charge is 2.60. The van der Waals surface area contributed by atoms with Crippen LogP contribution in [0.25, 0.3) is 0 Å². The fourth-order valence-electron chi connectivity index (χ4n) is 7.14. The third-order valence-electron chi connectivity index (χ3n) is 9.39. The first-order valence-corrected chi connectivity index (χ1v) is 17.2. The van der Waals surface area contributed by atoms with Gasteiger partial charge in [0.1, 0.15) is 17.4 Å². The van der Waals surface area contributed by atoms with Crippen LogP contribution in [0.3, 0.4) is 0 Å². The van der Waals surface area contributed by atoms with Crippen molar-refractivity contribution in [2.75, 3.05) is 19.0 Å². The molecule has 5 rings (SSSR count). The standard InChI is InChI=1S/C39H39Cl2F2N3O6/c1-38(2,3)18-31-39(26-14-13-24(40)17-28(26)42,20-44-19-21-8-10-22(11-9-21)36(48)49)32(25-6-5-7-27(41)33(25)43)34(46-31)35(47)45-29-15-12-23(37(50)51)16-30(29)52-4/h5-17,31-32,34,44,46H,18-20H2,1-4H3,(H,45,47)(H,48,49)(H,50,51)/t31-,32-,34+,39-/m0/s1. The Morgan fingerprint density at radius 1 is 0.923 bits per heavy atom. The average molecular weight is 755 g/mol. The molecule has 0 saturated carbocycles. The first-order chi connectivity index (χ1) is 24.5. The van der Waals surface area contributed by atoms with Crippen LogP contribution >= 0.6 is 23.2 Å². The highest BCUT2D eigenvalue weighted by molar-refractivity contribution is 6.31. The van der Waals surface area contributed by atoms with Crippen molar-refractivity contribution in [1.29, 1.82) is 0 Å². The average Bonchev–Trinajstić information content (AvgIpc) is 3.38. The quantitative estimate of drug-likeness (QED) is 0.0985. The van der Waals surface area contributed by atoms with E-state index in [1.54, 1.807) is 30.3 Å². The summed E-state index contributed by atoms with van der Waals surface area (Å²) in [5.74, 6) is -5.27. The fraction of sp³-hybridized carbons (Fsp3) is 0.308. The second-order valence-electron chi connectivity index (χ2n) is 14.1. The van der Waals surface area contributed by atoms with Gasteiger partial charge in [0, 0.05) is 35.5 Å². The van der Waals surface area contributed by atoms with Crippen LogP contribution in [0.4, 0.5) is 14.5 Å². The molecule has 1 fully saturated rings. The maximum atomic E-state index is 16.5. The smallest absolute Gasteiger partial charge is 0.335 e. The molecule has 9 nitrogen and oxygen atoms in total. The van der Waals surface area contributed by atoms with E-state index in [1.807, 2.05) is 20.8 Å². The first-order valence-electron chi connectivity index (χ1n) is 16.5. The van der Waals surface area contributed by atoms with E-state index in [4.69, 9.17) is 27.9 Å². The zero-order chi connectivity index (χ0) is 38.0. The molecular formula is C39H39Cl2F2N3O6. The summed E-state index contributed by atoms with van der Waals surface area (Å²) < 4.78 is 38.3. The predicted molar refractivity (Wildman–Crippen MR) is 196 cm³/mol. The number of carboxylic acids is 2. The zero-order valence-electron chi connectivity index (χ0n) is 28.9. The maximum absolute atomic E-state index is 16.5. The minimum Gasteiger partial charge on any atom is -0.495 e. The molecule has 1 aliphatic heterocycles. The van der Waals surface area contributed by atoms with E-state index in [9.17, 15) is 24.6 Å². The minimum absolute atomic E-state index is 0.0248. The van der Waals surface area contributed by atoms with Crippen LogP contribution in [0.5, 0.6) is 5.75 Å². The number of carboxylic acid groups (broad SMARTS) is 2. The van der Waals surface area contributed by atoms with Gasteiger partial charge in [-0.1, -0.05) is 74.3 Å². The molecule has 1 amide bonds. The number of rotatable bonds is 12. The second kappa shape index (κ2) is 15.6. The number of benzene rings is 4. The van der Waals surface area contributed by atoms with Gasteiger partial charge < -0.3 is 30.9 Å². The number of halogens is 4. The second-order valence-corrected chi connectivity index (χ2v) is 14.9. The van der Waals surface area contributed by atoms with Crippen molar-refractivity contribution >= 4 is 46.7 Å². The van der Waals surface area contributed by atoms with E-state index >= 15 is 8.78 Å². The molecule has 1 aliphatic rings.